The molecular weight excluding hydrogens is 170 g/mol. The molecular formula is C13H19N. The fourth-order valence-corrected chi connectivity index (χ4v) is 2.35. The van der Waals surface area contributed by atoms with Crippen molar-refractivity contribution in [1.82, 2.24) is 5.32 Å². The van der Waals surface area contributed by atoms with Crippen LogP contribution in [-0.2, 0) is 0 Å². The van der Waals surface area contributed by atoms with Gasteiger partial charge in [-0.2, -0.15) is 0 Å². The average Bonchev–Trinajstić information content (AvgIpc) is 2.30. The first-order valence-electron chi connectivity index (χ1n) is 5.68. The van der Waals surface area contributed by atoms with E-state index in [1.165, 1.54) is 31.4 Å². The number of nitrogens with one attached hydrogen (secondary N) is 1. The minimum Gasteiger partial charge on any atom is -0.314 e. The summed E-state index contributed by atoms with van der Waals surface area (Å²) in [5, 5.41) is 3.57. The lowest BCUT2D eigenvalue weighted by Gasteiger charge is -2.30. The predicted octanol–water partition coefficient (Wildman–Crippen LogP) is 2.93. The second-order valence-corrected chi connectivity index (χ2v) is 4.19. The van der Waals surface area contributed by atoms with E-state index in [0.717, 1.165) is 12.0 Å². The molecule has 0 radical (unpaired) electrons. The van der Waals surface area contributed by atoms with E-state index in [0.29, 0.717) is 0 Å². The minimum atomic E-state index is 0.731. The van der Waals surface area contributed by atoms with Gasteiger partial charge in [-0.25, -0.2) is 0 Å². The normalized spacial score (nSPS) is 27.5. The average molecular weight is 189 g/mol. The Balaban J connectivity index is 2.04. The molecule has 0 amide bonds. The summed E-state index contributed by atoms with van der Waals surface area (Å²) in [5.74, 6) is 0.780. The van der Waals surface area contributed by atoms with Crippen molar-refractivity contribution in [3.8, 4) is 0 Å². The highest BCUT2D eigenvalue weighted by Gasteiger charge is 2.20. The van der Waals surface area contributed by atoms with E-state index in [1.54, 1.807) is 0 Å². The largest absolute Gasteiger partial charge is 0.314 e. The standard InChI is InChI=1S/C13H19N/c1-2-13-10-12(8-9-14-13)11-6-4-3-5-7-11/h3-7,12-14H,2,8-10H2,1H3/t12-,13-/m1/s1. The van der Waals surface area contributed by atoms with Crippen LogP contribution < -0.4 is 5.32 Å². The van der Waals surface area contributed by atoms with Crippen molar-refractivity contribution in [2.75, 3.05) is 6.54 Å². The van der Waals surface area contributed by atoms with Crippen molar-refractivity contribution in [3.63, 3.8) is 0 Å². The maximum atomic E-state index is 3.57. The molecule has 0 bridgehead atoms. The van der Waals surface area contributed by atoms with Crippen molar-refractivity contribution in [1.29, 1.82) is 0 Å². The maximum absolute atomic E-state index is 3.57. The first-order valence-corrected chi connectivity index (χ1v) is 5.68. The van der Waals surface area contributed by atoms with Crippen molar-refractivity contribution in [2.24, 2.45) is 0 Å². The number of rotatable bonds is 2. The van der Waals surface area contributed by atoms with Gasteiger partial charge in [-0.1, -0.05) is 37.3 Å². The van der Waals surface area contributed by atoms with E-state index >= 15 is 0 Å². The van der Waals surface area contributed by atoms with Crippen LogP contribution in [0.1, 0.15) is 37.7 Å². The van der Waals surface area contributed by atoms with Gasteiger partial charge in [0, 0.05) is 6.04 Å². The van der Waals surface area contributed by atoms with Gasteiger partial charge in [-0.15, -0.1) is 0 Å². The molecule has 0 unspecified atom stereocenters. The number of benzene rings is 1. The van der Waals surface area contributed by atoms with Crippen molar-refractivity contribution >= 4 is 0 Å². The smallest absolute Gasteiger partial charge is 0.00702 e. The first kappa shape index (κ1) is 9.72. The summed E-state index contributed by atoms with van der Waals surface area (Å²) in [6.07, 6.45) is 3.85. The lowest BCUT2D eigenvalue weighted by Crippen LogP contribution is -2.36. The van der Waals surface area contributed by atoms with E-state index in [2.05, 4.69) is 42.6 Å². The van der Waals surface area contributed by atoms with Crippen molar-refractivity contribution < 1.29 is 0 Å². The van der Waals surface area contributed by atoms with Crippen LogP contribution in [0.4, 0.5) is 0 Å². The van der Waals surface area contributed by atoms with E-state index in [-0.39, 0.29) is 0 Å². The Kier molecular flexibility index (Phi) is 3.20. The summed E-state index contributed by atoms with van der Waals surface area (Å²) in [4.78, 5) is 0. The Morgan fingerprint density at radius 3 is 2.79 bits per heavy atom. The molecule has 76 valence electrons. The van der Waals surface area contributed by atoms with E-state index in [9.17, 15) is 0 Å². The Bertz CT molecular complexity index is 268. The van der Waals surface area contributed by atoms with Crippen LogP contribution in [0.5, 0.6) is 0 Å². The van der Waals surface area contributed by atoms with Gasteiger partial charge in [0.05, 0.1) is 0 Å². The molecule has 0 saturated carbocycles. The highest BCUT2D eigenvalue weighted by molar-refractivity contribution is 5.20. The van der Waals surface area contributed by atoms with Gasteiger partial charge < -0.3 is 5.32 Å². The molecule has 1 aliphatic heterocycles. The highest BCUT2D eigenvalue weighted by Crippen LogP contribution is 2.28. The van der Waals surface area contributed by atoms with Gasteiger partial charge in [-0.3, -0.25) is 0 Å². The summed E-state index contributed by atoms with van der Waals surface area (Å²) in [5.41, 5.74) is 1.52. The molecule has 1 heterocycles. The third kappa shape index (κ3) is 2.16. The molecule has 1 saturated heterocycles. The number of hydrogen-bond donors (Lipinski definition) is 1. The van der Waals surface area contributed by atoms with Crippen LogP contribution in [0, 0.1) is 0 Å². The van der Waals surface area contributed by atoms with E-state index < -0.39 is 0 Å². The third-order valence-corrected chi connectivity index (χ3v) is 3.26. The second kappa shape index (κ2) is 4.61. The fraction of sp³-hybridized carbons (Fsp3) is 0.538. The molecule has 1 aliphatic rings. The zero-order valence-electron chi connectivity index (χ0n) is 8.87. The number of hydrogen-bond acceptors (Lipinski definition) is 1. The molecule has 1 aromatic rings. The van der Waals surface area contributed by atoms with Crippen LogP contribution >= 0.6 is 0 Å². The SMILES string of the molecule is CC[C@@H]1C[C@H](c2ccccc2)CCN1. The second-order valence-electron chi connectivity index (χ2n) is 4.19. The van der Waals surface area contributed by atoms with Gasteiger partial charge in [0.1, 0.15) is 0 Å². The zero-order chi connectivity index (χ0) is 9.80. The Hall–Kier alpha value is -0.820. The molecule has 1 heteroatoms. The first-order chi connectivity index (χ1) is 6.90. The summed E-state index contributed by atoms with van der Waals surface area (Å²) in [7, 11) is 0. The molecule has 0 spiro atoms. The summed E-state index contributed by atoms with van der Waals surface area (Å²) < 4.78 is 0. The minimum absolute atomic E-state index is 0.731. The molecule has 2 atom stereocenters. The van der Waals surface area contributed by atoms with Crippen LogP contribution in [0.25, 0.3) is 0 Å². The molecule has 14 heavy (non-hydrogen) atoms. The molecule has 0 aliphatic carbocycles. The predicted molar refractivity (Wildman–Crippen MR) is 60.5 cm³/mol. The van der Waals surface area contributed by atoms with Gasteiger partial charge in [0.15, 0.2) is 0 Å². The summed E-state index contributed by atoms with van der Waals surface area (Å²) in [6.45, 7) is 3.45. The van der Waals surface area contributed by atoms with Gasteiger partial charge in [0.2, 0.25) is 0 Å². The molecule has 1 fully saturated rings. The zero-order valence-corrected chi connectivity index (χ0v) is 8.87. The lowest BCUT2D eigenvalue weighted by atomic mass is 9.86. The van der Waals surface area contributed by atoms with Crippen molar-refractivity contribution in [3.05, 3.63) is 35.9 Å². The Labute approximate surface area is 86.5 Å². The van der Waals surface area contributed by atoms with Crippen LogP contribution in [-0.4, -0.2) is 12.6 Å². The van der Waals surface area contributed by atoms with E-state index in [1.807, 2.05) is 0 Å². The maximum Gasteiger partial charge on any atom is 0.00702 e. The highest BCUT2D eigenvalue weighted by atomic mass is 14.9. The summed E-state index contributed by atoms with van der Waals surface area (Å²) in [6, 6.07) is 11.7. The lowest BCUT2D eigenvalue weighted by molar-refractivity contribution is 0.355. The molecule has 2 rings (SSSR count). The monoisotopic (exact) mass is 189 g/mol. The van der Waals surface area contributed by atoms with Crippen LogP contribution in [0.15, 0.2) is 30.3 Å². The van der Waals surface area contributed by atoms with Gasteiger partial charge in [0.25, 0.3) is 0 Å². The quantitative estimate of drug-likeness (QED) is 0.754. The van der Waals surface area contributed by atoms with E-state index in [4.69, 9.17) is 0 Å². The third-order valence-electron chi connectivity index (χ3n) is 3.26. The summed E-state index contributed by atoms with van der Waals surface area (Å²) >= 11 is 0. The molecule has 1 nitrogen and oxygen atoms in total. The molecule has 0 aromatic heterocycles. The van der Waals surface area contributed by atoms with Crippen molar-refractivity contribution in [2.45, 2.75) is 38.1 Å². The molecule has 1 aromatic carbocycles. The molecule has 1 N–H and O–H groups in total. The number of piperidine rings is 1. The van der Waals surface area contributed by atoms with Crippen LogP contribution in [0.3, 0.4) is 0 Å². The fourth-order valence-electron chi connectivity index (χ4n) is 2.35. The Morgan fingerprint density at radius 1 is 1.29 bits per heavy atom. The topological polar surface area (TPSA) is 12.0 Å². The van der Waals surface area contributed by atoms with Crippen LogP contribution in [0.2, 0.25) is 0 Å². The van der Waals surface area contributed by atoms with Gasteiger partial charge >= 0.3 is 0 Å². The van der Waals surface area contributed by atoms with Gasteiger partial charge in [-0.05, 0) is 37.3 Å². The Morgan fingerprint density at radius 2 is 2.07 bits per heavy atom.